The third kappa shape index (κ3) is 3.20. The Kier molecular flexibility index (Phi) is 4.15. The number of nitrogens with zero attached hydrogens (tertiary/aromatic N) is 2. The van der Waals surface area contributed by atoms with Gasteiger partial charge in [0.05, 0.1) is 6.54 Å². The molecule has 0 radical (unpaired) electrons. The largest absolute Gasteiger partial charge is 0.369 e. The molecule has 0 spiro atoms. The molecule has 0 unspecified atom stereocenters. The number of aromatic nitrogens is 1. The van der Waals surface area contributed by atoms with Crippen molar-refractivity contribution in [2.24, 2.45) is 0 Å². The Morgan fingerprint density at radius 2 is 2.28 bits per heavy atom. The monoisotopic (exact) mass is 265 g/mol. The number of benzene rings is 1. The van der Waals surface area contributed by atoms with Crippen LogP contribution in [0.5, 0.6) is 0 Å². The summed E-state index contributed by atoms with van der Waals surface area (Å²) in [6, 6.07) is 6.60. The van der Waals surface area contributed by atoms with E-state index in [9.17, 15) is 4.39 Å². The second-order valence-corrected chi connectivity index (χ2v) is 5.11. The Morgan fingerprint density at radius 1 is 1.44 bits per heavy atom. The maximum atomic E-state index is 13.1. The smallest absolute Gasteiger partial charge is 0.182 e. The summed E-state index contributed by atoms with van der Waals surface area (Å²) >= 11 is 1.63. The highest BCUT2D eigenvalue weighted by atomic mass is 32.1. The Balaban J connectivity index is 2.04. The molecule has 1 N–H and O–H groups in total. The van der Waals surface area contributed by atoms with Crippen molar-refractivity contribution in [3.63, 3.8) is 0 Å². The van der Waals surface area contributed by atoms with E-state index >= 15 is 0 Å². The molecule has 2 aromatic rings. The fourth-order valence-corrected chi connectivity index (χ4v) is 2.59. The molecule has 0 aliphatic heterocycles. The van der Waals surface area contributed by atoms with Gasteiger partial charge in [0.1, 0.15) is 5.82 Å². The van der Waals surface area contributed by atoms with E-state index < -0.39 is 0 Å². The molecule has 5 heteroatoms. The van der Waals surface area contributed by atoms with Crippen molar-refractivity contribution in [3.8, 4) is 0 Å². The van der Waals surface area contributed by atoms with Crippen LogP contribution in [0.3, 0.4) is 0 Å². The normalized spacial score (nSPS) is 10.4. The van der Waals surface area contributed by atoms with Gasteiger partial charge in [-0.2, -0.15) is 0 Å². The Labute approximate surface area is 110 Å². The number of nitrogens with one attached hydrogen (secondary N) is 1. The molecule has 3 nitrogen and oxygen atoms in total. The van der Waals surface area contributed by atoms with Gasteiger partial charge in [-0.25, -0.2) is 9.37 Å². The molecule has 0 saturated heterocycles. The molecule has 0 bridgehead atoms. The summed E-state index contributed by atoms with van der Waals surface area (Å²) in [6.45, 7) is 3.64. The lowest BCUT2D eigenvalue weighted by Gasteiger charge is -2.17. The van der Waals surface area contributed by atoms with Crippen LogP contribution in [0.15, 0.2) is 30.5 Å². The molecule has 1 aromatic heterocycles. The molecule has 1 aromatic carbocycles. The quantitative estimate of drug-likeness (QED) is 0.898. The second-order valence-electron chi connectivity index (χ2n) is 4.00. The predicted octanol–water partition coefficient (Wildman–Crippen LogP) is 3.35. The fraction of sp³-hybridized carbons (Fsp3) is 0.308. The molecule has 0 amide bonds. The molecular formula is C13H16FN3S. The minimum absolute atomic E-state index is 0.211. The van der Waals surface area contributed by atoms with Crippen molar-refractivity contribution >= 4 is 22.2 Å². The number of hydrogen-bond donors (Lipinski definition) is 1. The maximum absolute atomic E-state index is 13.1. The molecule has 1 heterocycles. The van der Waals surface area contributed by atoms with Gasteiger partial charge < -0.3 is 10.2 Å². The van der Waals surface area contributed by atoms with Crippen molar-refractivity contribution < 1.29 is 4.39 Å². The van der Waals surface area contributed by atoms with E-state index in [0.717, 1.165) is 28.8 Å². The van der Waals surface area contributed by atoms with Crippen LogP contribution in [0.1, 0.15) is 11.8 Å². The van der Waals surface area contributed by atoms with E-state index in [-0.39, 0.29) is 5.82 Å². The van der Waals surface area contributed by atoms with Gasteiger partial charge in [-0.3, -0.25) is 0 Å². The van der Waals surface area contributed by atoms with Gasteiger partial charge in [-0.1, -0.05) is 6.07 Å². The summed E-state index contributed by atoms with van der Waals surface area (Å²) in [4.78, 5) is 7.43. The van der Waals surface area contributed by atoms with Crippen molar-refractivity contribution in [2.45, 2.75) is 13.5 Å². The summed E-state index contributed by atoms with van der Waals surface area (Å²) in [7, 11) is 1.95. The predicted molar refractivity (Wildman–Crippen MR) is 74.8 cm³/mol. The average Bonchev–Trinajstić information content (AvgIpc) is 2.77. The Hall–Kier alpha value is -1.62. The maximum Gasteiger partial charge on any atom is 0.182 e. The van der Waals surface area contributed by atoms with Gasteiger partial charge >= 0.3 is 0 Å². The van der Waals surface area contributed by atoms with Gasteiger partial charge in [0.25, 0.3) is 0 Å². The van der Waals surface area contributed by atoms with Crippen molar-refractivity contribution in [3.05, 3.63) is 41.2 Å². The van der Waals surface area contributed by atoms with Crippen LogP contribution >= 0.6 is 11.3 Å². The Morgan fingerprint density at radius 3 is 3.00 bits per heavy atom. The van der Waals surface area contributed by atoms with Crippen LogP contribution in [0.2, 0.25) is 0 Å². The molecule has 18 heavy (non-hydrogen) atoms. The van der Waals surface area contributed by atoms with Crippen LogP contribution in [-0.4, -0.2) is 18.6 Å². The highest BCUT2D eigenvalue weighted by molar-refractivity contribution is 7.15. The number of hydrogen-bond acceptors (Lipinski definition) is 4. The van der Waals surface area contributed by atoms with Crippen LogP contribution in [0, 0.1) is 5.82 Å². The molecular weight excluding hydrogens is 249 g/mol. The van der Waals surface area contributed by atoms with Gasteiger partial charge in [0, 0.05) is 30.4 Å². The van der Waals surface area contributed by atoms with Crippen LogP contribution in [0.25, 0.3) is 0 Å². The minimum Gasteiger partial charge on any atom is -0.369 e. The summed E-state index contributed by atoms with van der Waals surface area (Å²) in [6.07, 6.45) is 1.86. The van der Waals surface area contributed by atoms with Crippen molar-refractivity contribution in [1.82, 2.24) is 4.98 Å². The van der Waals surface area contributed by atoms with E-state index in [4.69, 9.17) is 0 Å². The van der Waals surface area contributed by atoms with Crippen molar-refractivity contribution in [1.29, 1.82) is 0 Å². The lowest BCUT2D eigenvalue weighted by atomic mass is 10.3. The molecule has 2 rings (SSSR count). The first-order valence-corrected chi connectivity index (χ1v) is 6.66. The lowest BCUT2D eigenvalue weighted by molar-refractivity contribution is 0.627. The summed E-state index contributed by atoms with van der Waals surface area (Å²) in [5.74, 6) is -0.211. The topological polar surface area (TPSA) is 28.2 Å². The van der Waals surface area contributed by atoms with E-state index in [1.807, 2.05) is 31.1 Å². The van der Waals surface area contributed by atoms with Gasteiger partial charge in [0.15, 0.2) is 5.13 Å². The van der Waals surface area contributed by atoms with E-state index in [0.29, 0.717) is 0 Å². The van der Waals surface area contributed by atoms with E-state index in [1.54, 1.807) is 17.4 Å². The third-order valence-corrected chi connectivity index (χ3v) is 3.46. The number of anilines is 2. The molecule has 0 aliphatic rings. The first-order chi connectivity index (χ1) is 8.69. The first-order valence-electron chi connectivity index (χ1n) is 5.84. The highest BCUT2D eigenvalue weighted by Gasteiger charge is 2.06. The zero-order valence-electron chi connectivity index (χ0n) is 10.5. The van der Waals surface area contributed by atoms with Crippen molar-refractivity contribution in [2.75, 3.05) is 23.8 Å². The van der Waals surface area contributed by atoms with E-state index in [2.05, 4.69) is 10.3 Å². The fourth-order valence-electron chi connectivity index (χ4n) is 1.65. The summed E-state index contributed by atoms with van der Waals surface area (Å²) < 4.78 is 13.1. The molecule has 0 atom stereocenters. The number of halogens is 1. The van der Waals surface area contributed by atoms with Crippen LogP contribution < -0.4 is 10.2 Å². The first kappa shape index (κ1) is 12.8. The Bertz CT molecular complexity index is 512. The molecule has 0 fully saturated rings. The minimum atomic E-state index is -0.211. The number of thiazole rings is 1. The van der Waals surface area contributed by atoms with E-state index in [1.165, 1.54) is 12.1 Å². The molecule has 0 saturated carbocycles. The van der Waals surface area contributed by atoms with Gasteiger partial charge in [0.2, 0.25) is 0 Å². The van der Waals surface area contributed by atoms with Crippen LogP contribution in [-0.2, 0) is 6.54 Å². The zero-order valence-corrected chi connectivity index (χ0v) is 11.3. The van der Waals surface area contributed by atoms with Crippen LogP contribution in [0.4, 0.5) is 15.2 Å². The zero-order chi connectivity index (χ0) is 13.0. The second kappa shape index (κ2) is 5.82. The molecule has 0 aliphatic carbocycles. The third-order valence-electron chi connectivity index (χ3n) is 2.52. The van der Waals surface area contributed by atoms with Gasteiger partial charge in [-0.15, -0.1) is 11.3 Å². The molecule has 96 valence electrons. The average molecular weight is 265 g/mol. The SMILES string of the molecule is CCNc1ncc(CN(C)c2cccc(F)c2)s1. The summed E-state index contributed by atoms with van der Waals surface area (Å²) in [5.41, 5.74) is 0.869. The summed E-state index contributed by atoms with van der Waals surface area (Å²) in [5, 5.41) is 4.11. The van der Waals surface area contributed by atoms with Gasteiger partial charge in [-0.05, 0) is 25.1 Å². The standard InChI is InChI=1S/C13H16FN3S/c1-3-15-13-16-8-12(18-13)9-17(2)11-6-4-5-10(14)7-11/h4-8H,3,9H2,1-2H3,(H,15,16). The lowest BCUT2D eigenvalue weighted by Crippen LogP contribution is -2.15. The number of rotatable bonds is 5. The highest BCUT2D eigenvalue weighted by Crippen LogP contribution is 2.22.